The van der Waals surface area contributed by atoms with Gasteiger partial charge in [0.15, 0.2) is 0 Å². The van der Waals surface area contributed by atoms with Crippen molar-refractivity contribution in [2.45, 2.75) is 19.9 Å². The predicted molar refractivity (Wildman–Crippen MR) is 92.4 cm³/mol. The van der Waals surface area contributed by atoms with Crippen molar-refractivity contribution in [3.05, 3.63) is 50.3 Å². The van der Waals surface area contributed by atoms with Gasteiger partial charge >= 0.3 is 0 Å². The van der Waals surface area contributed by atoms with Crippen LogP contribution in [-0.4, -0.2) is 16.2 Å². The lowest BCUT2D eigenvalue weighted by molar-refractivity contribution is 0.432. The monoisotopic (exact) mass is 380 g/mol. The first kappa shape index (κ1) is 15.4. The van der Waals surface area contributed by atoms with E-state index in [0.717, 1.165) is 20.4 Å². The molecule has 0 atom stereocenters. The molecule has 1 aromatic carbocycles. The Morgan fingerprint density at radius 2 is 2.05 bits per heavy atom. The Balaban J connectivity index is 2.28. The summed E-state index contributed by atoms with van der Waals surface area (Å²) in [6.45, 7) is 1.41. The van der Waals surface area contributed by atoms with E-state index in [-0.39, 0.29) is 12.1 Å². The van der Waals surface area contributed by atoms with Gasteiger partial charge in [0.1, 0.15) is 17.3 Å². The third kappa shape index (κ3) is 2.61. The first-order valence-electron chi connectivity index (χ1n) is 6.98. The number of aromatic nitrogens is 2. The Morgan fingerprint density at radius 1 is 1.32 bits per heavy atom. The second-order valence-electron chi connectivity index (χ2n) is 4.86. The van der Waals surface area contributed by atoms with Crippen LogP contribution >= 0.6 is 27.3 Å². The fraction of sp³-hybridized carbons (Fsp3) is 0.250. The number of benzene rings is 1. The van der Waals surface area contributed by atoms with Crippen LogP contribution in [0.1, 0.15) is 12.7 Å². The van der Waals surface area contributed by atoms with E-state index in [2.05, 4.69) is 20.9 Å². The van der Waals surface area contributed by atoms with Crippen LogP contribution in [0.2, 0.25) is 0 Å². The highest BCUT2D eigenvalue weighted by Gasteiger charge is 2.16. The molecule has 0 amide bonds. The zero-order valence-electron chi connectivity index (χ0n) is 12.0. The fourth-order valence-corrected chi connectivity index (χ4v) is 3.71. The lowest BCUT2D eigenvalue weighted by atomic mass is 10.1. The SMILES string of the molecule is CCc1nc2scc(-c3ccc(Br)cc3)c2c(=O)n1CCF. The standard InChI is InChI=1S/C16H14BrFN2OS/c1-2-13-19-15-14(16(21)20(13)8-7-18)12(9-22-15)10-3-5-11(17)6-4-10/h3-6,9H,2,7-8H2,1H3. The number of hydrogen-bond acceptors (Lipinski definition) is 3. The van der Waals surface area contributed by atoms with Crippen molar-refractivity contribution in [1.29, 1.82) is 0 Å². The van der Waals surface area contributed by atoms with Crippen LogP contribution in [0.15, 0.2) is 38.9 Å². The van der Waals surface area contributed by atoms with Crippen LogP contribution in [0.25, 0.3) is 21.3 Å². The van der Waals surface area contributed by atoms with Crippen LogP contribution in [0, 0.1) is 0 Å². The molecule has 3 nitrogen and oxygen atoms in total. The van der Waals surface area contributed by atoms with Crippen molar-refractivity contribution in [1.82, 2.24) is 9.55 Å². The van der Waals surface area contributed by atoms with Gasteiger partial charge in [-0.1, -0.05) is 35.0 Å². The highest BCUT2D eigenvalue weighted by atomic mass is 79.9. The first-order valence-corrected chi connectivity index (χ1v) is 8.65. The van der Waals surface area contributed by atoms with Crippen LogP contribution < -0.4 is 5.56 Å². The lowest BCUT2D eigenvalue weighted by Crippen LogP contribution is -2.25. The van der Waals surface area contributed by atoms with E-state index in [1.807, 2.05) is 36.6 Å². The number of nitrogens with zero attached hydrogens (tertiary/aromatic N) is 2. The zero-order chi connectivity index (χ0) is 15.7. The Labute approximate surface area is 139 Å². The average Bonchev–Trinajstić information content (AvgIpc) is 2.95. The van der Waals surface area contributed by atoms with E-state index in [4.69, 9.17) is 0 Å². The van der Waals surface area contributed by atoms with Gasteiger partial charge in [0.05, 0.1) is 11.9 Å². The van der Waals surface area contributed by atoms with E-state index in [1.165, 1.54) is 15.9 Å². The van der Waals surface area contributed by atoms with Crippen LogP contribution in [0.4, 0.5) is 4.39 Å². The molecule has 0 aliphatic heterocycles. The molecule has 114 valence electrons. The van der Waals surface area contributed by atoms with Gasteiger partial charge in [0, 0.05) is 21.8 Å². The molecule has 0 unspecified atom stereocenters. The molecule has 0 fully saturated rings. The number of hydrogen-bond donors (Lipinski definition) is 0. The smallest absolute Gasteiger partial charge is 0.262 e. The number of rotatable bonds is 4. The normalized spacial score (nSPS) is 11.2. The molecule has 3 aromatic rings. The van der Waals surface area contributed by atoms with E-state index in [0.29, 0.717) is 17.6 Å². The molecular formula is C16H14BrFN2OS. The fourth-order valence-electron chi connectivity index (χ4n) is 2.49. The van der Waals surface area contributed by atoms with Crippen LogP contribution in [0.5, 0.6) is 0 Å². The highest BCUT2D eigenvalue weighted by molar-refractivity contribution is 9.10. The van der Waals surface area contributed by atoms with Crippen molar-refractivity contribution in [2.24, 2.45) is 0 Å². The van der Waals surface area contributed by atoms with Gasteiger partial charge in [-0.3, -0.25) is 9.36 Å². The summed E-state index contributed by atoms with van der Waals surface area (Å²) in [6.07, 6.45) is 0.608. The number of halogens is 2. The summed E-state index contributed by atoms with van der Waals surface area (Å²) < 4.78 is 15.2. The molecular weight excluding hydrogens is 367 g/mol. The molecule has 0 spiro atoms. The molecule has 6 heteroatoms. The van der Waals surface area contributed by atoms with Crippen LogP contribution in [0.3, 0.4) is 0 Å². The topological polar surface area (TPSA) is 34.9 Å². The summed E-state index contributed by atoms with van der Waals surface area (Å²) in [5.74, 6) is 0.638. The molecule has 0 aliphatic carbocycles. The second-order valence-corrected chi connectivity index (χ2v) is 6.64. The molecule has 0 bridgehead atoms. The third-order valence-electron chi connectivity index (χ3n) is 3.55. The summed E-state index contributed by atoms with van der Waals surface area (Å²) >= 11 is 4.86. The Kier molecular flexibility index (Phi) is 4.40. The minimum absolute atomic E-state index is 0.0561. The van der Waals surface area contributed by atoms with Gasteiger partial charge in [0.2, 0.25) is 0 Å². The molecule has 0 radical (unpaired) electrons. The van der Waals surface area contributed by atoms with E-state index >= 15 is 0 Å². The van der Waals surface area contributed by atoms with Gasteiger partial charge in [0.25, 0.3) is 5.56 Å². The van der Waals surface area contributed by atoms with Crippen molar-refractivity contribution >= 4 is 37.5 Å². The Bertz CT molecular complexity index is 870. The maximum absolute atomic E-state index is 12.8. The molecule has 2 aromatic heterocycles. The Hall–Kier alpha value is -1.53. The molecule has 0 saturated carbocycles. The summed E-state index contributed by atoms with van der Waals surface area (Å²) in [4.78, 5) is 18.0. The lowest BCUT2D eigenvalue weighted by Gasteiger charge is -2.09. The van der Waals surface area contributed by atoms with Gasteiger partial charge in [-0.05, 0) is 17.7 Å². The van der Waals surface area contributed by atoms with Crippen molar-refractivity contribution in [2.75, 3.05) is 6.67 Å². The minimum atomic E-state index is -0.572. The van der Waals surface area contributed by atoms with Crippen molar-refractivity contribution in [3.8, 4) is 11.1 Å². The molecule has 0 aliphatic rings. The number of aryl methyl sites for hydroxylation is 1. The molecule has 0 N–H and O–H groups in total. The van der Waals surface area contributed by atoms with Gasteiger partial charge in [-0.15, -0.1) is 11.3 Å². The minimum Gasteiger partial charge on any atom is -0.293 e. The maximum Gasteiger partial charge on any atom is 0.262 e. The average molecular weight is 381 g/mol. The molecule has 3 rings (SSSR count). The largest absolute Gasteiger partial charge is 0.293 e. The van der Waals surface area contributed by atoms with E-state index in [9.17, 15) is 9.18 Å². The van der Waals surface area contributed by atoms with Gasteiger partial charge in [-0.2, -0.15) is 0 Å². The number of alkyl halides is 1. The molecule has 2 heterocycles. The second kappa shape index (κ2) is 6.30. The zero-order valence-corrected chi connectivity index (χ0v) is 14.4. The summed E-state index contributed by atoms with van der Waals surface area (Å²) in [5.41, 5.74) is 1.67. The Morgan fingerprint density at radius 3 is 2.68 bits per heavy atom. The maximum atomic E-state index is 12.8. The molecule has 0 saturated heterocycles. The van der Waals surface area contributed by atoms with E-state index < -0.39 is 6.67 Å². The van der Waals surface area contributed by atoms with Crippen molar-refractivity contribution < 1.29 is 4.39 Å². The molecule has 22 heavy (non-hydrogen) atoms. The van der Waals surface area contributed by atoms with Crippen LogP contribution in [-0.2, 0) is 13.0 Å². The number of thiophene rings is 1. The van der Waals surface area contributed by atoms with E-state index in [1.54, 1.807) is 0 Å². The number of fused-ring (bicyclic) bond motifs is 1. The first-order chi connectivity index (χ1) is 10.7. The predicted octanol–water partition coefficient (Wildman–Crippen LogP) is 4.42. The third-order valence-corrected chi connectivity index (χ3v) is 4.95. The van der Waals surface area contributed by atoms with Crippen molar-refractivity contribution in [3.63, 3.8) is 0 Å². The van der Waals surface area contributed by atoms with Gasteiger partial charge < -0.3 is 0 Å². The highest BCUT2D eigenvalue weighted by Crippen LogP contribution is 2.31. The quantitative estimate of drug-likeness (QED) is 0.671. The summed E-state index contributed by atoms with van der Waals surface area (Å²) in [5, 5.41) is 2.53. The summed E-state index contributed by atoms with van der Waals surface area (Å²) in [7, 11) is 0. The summed E-state index contributed by atoms with van der Waals surface area (Å²) in [6, 6.07) is 7.79. The van der Waals surface area contributed by atoms with Gasteiger partial charge in [-0.25, -0.2) is 9.37 Å².